The zero-order valence-corrected chi connectivity index (χ0v) is 16.9. The maximum atomic E-state index is 13.2. The Morgan fingerprint density at radius 3 is 2.41 bits per heavy atom. The first kappa shape index (κ1) is 19.3. The van der Waals surface area contributed by atoms with Gasteiger partial charge in [0.2, 0.25) is 5.88 Å². The minimum absolute atomic E-state index is 0.146. The van der Waals surface area contributed by atoms with Gasteiger partial charge in [-0.25, -0.2) is 0 Å². The van der Waals surface area contributed by atoms with E-state index in [1.807, 2.05) is 36.4 Å². The van der Waals surface area contributed by atoms with Crippen molar-refractivity contribution in [2.75, 3.05) is 26.2 Å². The molecule has 0 N–H and O–H groups in total. The smallest absolute Gasteiger partial charge is 0.258 e. The largest absolute Gasteiger partial charge is 0.443 e. The standard InChI is InChI=1S/C22H21ClN4O2/c1-16-20(19(14-24)22(29-16)27-8-2-3-9-27)21(28)26-12-10-25(11-13-26)15-17-4-6-18(23)7-5-17/h2-9H,10-13,15H2,1H3. The number of hydrogen-bond acceptors (Lipinski definition) is 4. The molecule has 1 aliphatic heterocycles. The molecule has 29 heavy (non-hydrogen) atoms. The first-order valence-corrected chi connectivity index (χ1v) is 9.87. The molecule has 1 aliphatic rings. The topological polar surface area (TPSA) is 65.4 Å². The maximum absolute atomic E-state index is 13.2. The van der Waals surface area contributed by atoms with E-state index < -0.39 is 0 Å². The summed E-state index contributed by atoms with van der Waals surface area (Å²) in [6.45, 7) is 5.33. The normalized spacial score (nSPS) is 14.7. The van der Waals surface area contributed by atoms with Crippen molar-refractivity contribution in [3.05, 3.63) is 76.3 Å². The molecule has 2 aromatic heterocycles. The molecule has 1 saturated heterocycles. The summed E-state index contributed by atoms with van der Waals surface area (Å²) in [5, 5.41) is 10.4. The number of carbonyl (C=O) groups excluding carboxylic acids is 1. The van der Waals surface area contributed by atoms with Crippen LogP contribution < -0.4 is 0 Å². The second kappa shape index (κ2) is 8.16. The van der Waals surface area contributed by atoms with Gasteiger partial charge in [0, 0.05) is 50.1 Å². The first-order valence-electron chi connectivity index (χ1n) is 9.49. The van der Waals surface area contributed by atoms with Gasteiger partial charge in [0.25, 0.3) is 5.91 Å². The minimum atomic E-state index is -0.146. The average Bonchev–Trinajstić information content (AvgIpc) is 3.37. The second-order valence-corrected chi connectivity index (χ2v) is 7.55. The van der Waals surface area contributed by atoms with Crippen LogP contribution in [0, 0.1) is 18.3 Å². The van der Waals surface area contributed by atoms with E-state index in [0.717, 1.165) is 24.7 Å². The molecule has 3 heterocycles. The zero-order chi connectivity index (χ0) is 20.4. The number of aryl methyl sites for hydroxylation is 1. The van der Waals surface area contributed by atoms with Crippen LogP contribution in [0.2, 0.25) is 5.02 Å². The molecular formula is C22H21ClN4O2. The third-order valence-corrected chi connectivity index (χ3v) is 5.46. The number of piperazine rings is 1. The highest BCUT2D eigenvalue weighted by Crippen LogP contribution is 2.27. The molecular weight excluding hydrogens is 388 g/mol. The molecule has 6 nitrogen and oxygen atoms in total. The van der Waals surface area contributed by atoms with Crippen LogP contribution in [0.1, 0.15) is 27.2 Å². The minimum Gasteiger partial charge on any atom is -0.443 e. The Morgan fingerprint density at radius 1 is 1.14 bits per heavy atom. The molecule has 0 spiro atoms. The Kier molecular flexibility index (Phi) is 5.43. The molecule has 4 rings (SSSR count). The van der Waals surface area contributed by atoms with Crippen molar-refractivity contribution < 1.29 is 9.21 Å². The Labute approximate surface area is 174 Å². The molecule has 0 saturated carbocycles. The van der Waals surface area contributed by atoms with E-state index in [1.165, 1.54) is 5.56 Å². The zero-order valence-electron chi connectivity index (χ0n) is 16.1. The quantitative estimate of drug-likeness (QED) is 0.657. The van der Waals surface area contributed by atoms with Crippen molar-refractivity contribution in [2.24, 2.45) is 0 Å². The van der Waals surface area contributed by atoms with Gasteiger partial charge >= 0.3 is 0 Å². The van der Waals surface area contributed by atoms with E-state index in [-0.39, 0.29) is 11.5 Å². The van der Waals surface area contributed by atoms with Crippen LogP contribution in [0.3, 0.4) is 0 Å². The molecule has 1 amide bonds. The van der Waals surface area contributed by atoms with Gasteiger partial charge < -0.3 is 9.32 Å². The highest BCUT2D eigenvalue weighted by Gasteiger charge is 2.30. The van der Waals surface area contributed by atoms with Crippen molar-refractivity contribution in [3.8, 4) is 12.0 Å². The van der Waals surface area contributed by atoms with Crippen LogP contribution in [0.5, 0.6) is 0 Å². The molecule has 3 aromatic rings. The number of furan rings is 1. The van der Waals surface area contributed by atoms with Crippen LogP contribution in [0.4, 0.5) is 0 Å². The molecule has 1 fully saturated rings. The molecule has 7 heteroatoms. The number of nitrogens with zero attached hydrogens (tertiary/aromatic N) is 4. The Balaban J connectivity index is 1.46. The van der Waals surface area contributed by atoms with E-state index >= 15 is 0 Å². The maximum Gasteiger partial charge on any atom is 0.258 e. The number of amides is 1. The Hall–Kier alpha value is -3.01. The highest BCUT2D eigenvalue weighted by atomic mass is 35.5. The lowest BCUT2D eigenvalue weighted by atomic mass is 10.1. The lowest BCUT2D eigenvalue weighted by Crippen LogP contribution is -2.48. The fraction of sp³-hybridized carbons (Fsp3) is 0.273. The summed E-state index contributed by atoms with van der Waals surface area (Å²) in [4.78, 5) is 17.3. The fourth-order valence-corrected chi connectivity index (χ4v) is 3.78. The van der Waals surface area contributed by atoms with Crippen LogP contribution in [0.15, 0.2) is 53.2 Å². The number of rotatable bonds is 4. The fourth-order valence-electron chi connectivity index (χ4n) is 3.66. The summed E-state index contributed by atoms with van der Waals surface area (Å²) in [5.41, 5.74) is 1.85. The van der Waals surface area contributed by atoms with E-state index in [0.29, 0.717) is 30.3 Å². The van der Waals surface area contributed by atoms with Crippen LogP contribution in [-0.4, -0.2) is 46.5 Å². The molecule has 0 radical (unpaired) electrons. The van der Waals surface area contributed by atoms with Gasteiger partial charge in [0.05, 0.1) is 0 Å². The summed E-state index contributed by atoms with van der Waals surface area (Å²) in [7, 11) is 0. The van der Waals surface area contributed by atoms with Gasteiger partial charge in [-0.2, -0.15) is 5.26 Å². The number of carbonyl (C=O) groups is 1. The van der Waals surface area contributed by atoms with E-state index in [1.54, 1.807) is 28.8 Å². The summed E-state index contributed by atoms with van der Waals surface area (Å²) >= 11 is 5.95. The van der Waals surface area contributed by atoms with Gasteiger partial charge in [-0.15, -0.1) is 0 Å². The molecule has 148 valence electrons. The van der Waals surface area contributed by atoms with Crippen molar-refractivity contribution in [1.82, 2.24) is 14.4 Å². The van der Waals surface area contributed by atoms with Crippen molar-refractivity contribution in [3.63, 3.8) is 0 Å². The molecule has 1 aromatic carbocycles. The third-order valence-electron chi connectivity index (χ3n) is 5.21. The summed E-state index contributed by atoms with van der Waals surface area (Å²) in [5.74, 6) is 0.714. The van der Waals surface area contributed by atoms with Crippen molar-refractivity contribution >= 4 is 17.5 Å². The summed E-state index contributed by atoms with van der Waals surface area (Å²) in [6, 6.07) is 13.7. The van der Waals surface area contributed by atoms with Crippen LogP contribution >= 0.6 is 11.6 Å². The van der Waals surface area contributed by atoms with E-state index in [4.69, 9.17) is 16.0 Å². The second-order valence-electron chi connectivity index (χ2n) is 7.11. The lowest BCUT2D eigenvalue weighted by molar-refractivity contribution is 0.0626. The summed E-state index contributed by atoms with van der Waals surface area (Å²) in [6.07, 6.45) is 3.59. The van der Waals surface area contributed by atoms with E-state index in [2.05, 4.69) is 11.0 Å². The average molecular weight is 409 g/mol. The van der Waals surface area contributed by atoms with Gasteiger partial charge in [-0.3, -0.25) is 14.3 Å². The Morgan fingerprint density at radius 2 is 1.79 bits per heavy atom. The molecule has 0 unspecified atom stereocenters. The Bertz CT molecular complexity index is 1040. The highest BCUT2D eigenvalue weighted by molar-refractivity contribution is 6.30. The monoisotopic (exact) mass is 408 g/mol. The van der Waals surface area contributed by atoms with Gasteiger partial charge in [0.15, 0.2) is 0 Å². The number of hydrogen-bond donors (Lipinski definition) is 0. The summed E-state index contributed by atoms with van der Waals surface area (Å²) < 4.78 is 7.49. The van der Waals surface area contributed by atoms with Crippen molar-refractivity contribution in [1.29, 1.82) is 5.26 Å². The number of halogens is 1. The van der Waals surface area contributed by atoms with Gasteiger partial charge in [-0.05, 0) is 36.8 Å². The molecule has 0 atom stereocenters. The number of benzene rings is 1. The molecule has 0 aliphatic carbocycles. The number of nitriles is 1. The van der Waals surface area contributed by atoms with Gasteiger partial charge in [-0.1, -0.05) is 23.7 Å². The third kappa shape index (κ3) is 3.93. The van der Waals surface area contributed by atoms with Crippen LogP contribution in [0.25, 0.3) is 5.88 Å². The number of aromatic nitrogens is 1. The predicted octanol–water partition coefficient (Wildman–Crippen LogP) is 3.86. The molecule has 0 bridgehead atoms. The lowest BCUT2D eigenvalue weighted by Gasteiger charge is -2.34. The van der Waals surface area contributed by atoms with Crippen molar-refractivity contribution in [2.45, 2.75) is 13.5 Å². The van der Waals surface area contributed by atoms with E-state index in [9.17, 15) is 10.1 Å². The van der Waals surface area contributed by atoms with Gasteiger partial charge in [0.1, 0.15) is 23.0 Å². The SMILES string of the molecule is Cc1oc(-n2cccc2)c(C#N)c1C(=O)N1CCN(Cc2ccc(Cl)cc2)CC1. The van der Waals surface area contributed by atoms with Crippen LogP contribution in [-0.2, 0) is 6.54 Å². The first-order chi connectivity index (χ1) is 14.1. The predicted molar refractivity (Wildman–Crippen MR) is 110 cm³/mol.